The highest BCUT2D eigenvalue weighted by atomic mass is 127. The van der Waals surface area contributed by atoms with Gasteiger partial charge in [0.2, 0.25) is 0 Å². The van der Waals surface area contributed by atoms with E-state index in [1.165, 1.54) is 30.8 Å². The molecule has 40 heavy (non-hydrogen) atoms. The first-order chi connectivity index (χ1) is 19.3. The molecule has 2 unspecified atom stereocenters. The summed E-state index contributed by atoms with van der Waals surface area (Å²) in [5.74, 6) is 1.43. The van der Waals surface area contributed by atoms with Gasteiger partial charge in [-0.25, -0.2) is 8.78 Å². The molecule has 0 bridgehead atoms. The minimum Gasteiger partial charge on any atom is -0.322 e. The standard InChI is InChI=1S/C18H19F2N3O.C13H10INO/c1-23-9-14(16(22-23)17(19)20)18(24)21-15-5-3-2-4-11(15)13-8-12(13)10-6-7-10;14-12-9-5-4-8-11(12)13(16)15-10-6-2-1-3-7-10/h2-5,9-10,12-13,17H,6-8H2,1H3,(H,21,24);1-9H,(H,15,16). The average Bonchev–Trinajstić information content (AvgIpc) is 3.87. The van der Waals surface area contributed by atoms with Crippen LogP contribution in [0.3, 0.4) is 0 Å². The number of alkyl halides is 2. The number of carbonyl (C=O) groups is 2. The van der Waals surface area contributed by atoms with Crippen molar-refractivity contribution < 1.29 is 18.4 Å². The first-order valence-electron chi connectivity index (χ1n) is 13.1. The maximum atomic E-state index is 13.0. The molecule has 2 aliphatic carbocycles. The van der Waals surface area contributed by atoms with Crippen LogP contribution in [0.25, 0.3) is 0 Å². The van der Waals surface area contributed by atoms with Gasteiger partial charge < -0.3 is 10.6 Å². The molecule has 6 rings (SSSR count). The normalized spacial score (nSPS) is 17.5. The molecule has 2 fully saturated rings. The van der Waals surface area contributed by atoms with E-state index < -0.39 is 18.0 Å². The van der Waals surface area contributed by atoms with Gasteiger partial charge in [0.15, 0.2) is 0 Å². The lowest BCUT2D eigenvalue weighted by molar-refractivity contribution is 0.100. The largest absolute Gasteiger partial charge is 0.322 e. The number of aryl methyl sites for hydroxylation is 1. The van der Waals surface area contributed by atoms with Gasteiger partial charge in [-0.3, -0.25) is 14.3 Å². The predicted octanol–water partition coefficient (Wildman–Crippen LogP) is 7.67. The minimum atomic E-state index is -2.77. The number of hydrogen-bond donors (Lipinski definition) is 2. The number of anilines is 2. The zero-order valence-electron chi connectivity index (χ0n) is 21.9. The summed E-state index contributed by atoms with van der Waals surface area (Å²) < 4.78 is 28.3. The zero-order chi connectivity index (χ0) is 28.2. The molecule has 2 N–H and O–H groups in total. The molecular formula is C31H29F2IN4O2. The monoisotopic (exact) mass is 654 g/mol. The van der Waals surface area contributed by atoms with Crippen molar-refractivity contribution in [3.63, 3.8) is 0 Å². The Labute approximate surface area is 245 Å². The van der Waals surface area contributed by atoms with Crippen molar-refractivity contribution >= 4 is 45.8 Å². The Kier molecular flexibility index (Phi) is 8.58. The van der Waals surface area contributed by atoms with Crippen molar-refractivity contribution in [3.8, 4) is 0 Å². The Balaban J connectivity index is 0.000000176. The van der Waals surface area contributed by atoms with Gasteiger partial charge in [0, 0.05) is 28.2 Å². The van der Waals surface area contributed by atoms with Crippen LogP contribution in [0.4, 0.5) is 20.2 Å². The Morgan fingerprint density at radius 2 is 1.55 bits per heavy atom. The first kappa shape index (κ1) is 27.9. The van der Waals surface area contributed by atoms with E-state index in [0.717, 1.165) is 38.8 Å². The highest BCUT2D eigenvalue weighted by molar-refractivity contribution is 14.1. The molecule has 6 nitrogen and oxygen atoms in total. The van der Waals surface area contributed by atoms with Crippen molar-refractivity contribution in [2.24, 2.45) is 18.9 Å². The number of carbonyl (C=O) groups excluding carboxylic acids is 2. The van der Waals surface area contributed by atoms with E-state index >= 15 is 0 Å². The van der Waals surface area contributed by atoms with Gasteiger partial charge in [0.25, 0.3) is 18.2 Å². The van der Waals surface area contributed by atoms with Gasteiger partial charge in [0.1, 0.15) is 5.69 Å². The molecule has 1 aromatic heterocycles. The number of benzene rings is 3. The molecule has 206 valence electrons. The molecule has 1 heterocycles. The number of halogens is 3. The maximum Gasteiger partial charge on any atom is 0.282 e. The summed E-state index contributed by atoms with van der Waals surface area (Å²) in [6, 6.07) is 24.6. The number of hydrogen-bond acceptors (Lipinski definition) is 3. The van der Waals surface area contributed by atoms with Crippen LogP contribution >= 0.6 is 22.6 Å². The summed E-state index contributed by atoms with van der Waals surface area (Å²) in [6.07, 6.45) is 2.34. The van der Waals surface area contributed by atoms with Crippen molar-refractivity contribution in [2.75, 3.05) is 10.6 Å². The van der Waals surface area contributed by atoms with Crippen LogP contribution in [-0.4, -0.2) is 21.6 Å². The number of amides is 2. The second kappa shape index (κ2) is 12.3. The molecule has 2 saturated carbocycles. The molecule has 0 saturated heterocycles. The quantitative estimate of drug-likeness (QED) is 0.201. The number of aromatic nitrogens is 2. The second-order valence-corrected chi connectivity index (χ2v) is 11.2. The third-order valence-corrected chi connectivity index (χ3v) is 8.08. The smallest absolute Gasteiger partial charge is 0.282 e. The molecule has 2 aliphatic rings. The van der Waals surface area contributed by atoms with E-state index in [4.69, 9.17) is 0 Å². The molecule has 9 heteroatoms. The fourth-order valence-corrected chi connectivity index (χ4v) is 5.58. The lowest BCUT2D eigenvalue weighted by Crippen LogP contribution is -2.14. The van der Waals surface area contributed by atoms with Gasteiger partial charge >= 0.3 is 0 Å². The fourth-order valence-electron chi connectivity index (χ4n) is 4.95. The minimum absolute atomic E-state index is 0.0724. The lowest BCUT2D eigenvalue weighted by atomic mass is 10.0. The summed E-state index contributed by atoms with van der Waals surface area (Å²) in [4.78, 5) is 24.4. The van der Waals surface area contributed by atoms with Crippen LogP contribution in [0.2, 0.25) is 0 Å². The van der Waals surface area contributed by atoms with Crippen LogP contribution in [0, 0.1) is 15.4 Å². The average molecular weight is 654 g/mol. The van der Waals surface area contributed by atoms with Crippen molar-refractivity contribution in [1.82, 2.24) is 9.78 Å². The van der Waals surface area contributed by atoms with Gasteiger partial charge in [-0.05, 0) is 95.5 Å². The van der Waals surface area contributed by atoms with E-state index in [1.54, 1.807) is 0 Å². The molecule has 0 aliphatic heterocycles. The topological polar surface area (TPSA) is 76.0 Å². The summed E-state index contributed by atoms with van der Waals surface area (Å²) in [6.45, 7) is 0. The van der Waals surface area contributed by atoms with Crippen molar-refractivity contribution in [3.05, 3.63) is 111 Å². The van der Waals surface area contributed by atoms with Crippen molar-refractivity contribution in [2.45, 2.75) is 31.6 Å². The predicted molar refractivity (Wildman–Crippen MR) is 160 cm³/mol. The number of rotatable bonds is 7. The van der Waals surface area contributed by atoms with E-state index in [9.17, 15) is 18.4 Å². The van der Waals surface area contributed by atoms with Gasteiger partial charge in [0.05, 0.1) is 11.1 Å². The molecule has 4 aromatic rings. The first-order valence-corrected chi connectivity index (χ1v) is 14.2. The summed E-state index contributed by atoms with van der Waals surface area (Å²) in [5.41, 5.74) is 2.80. The Hall–Kier alpha value is -3.60. The number of para-hydroxylation sites is 2. The summed E-state index contributed by atoms with van der Waals surface area (Å²) in [5, 5.41) is 9.36. The molecule has 2 amide bonds. The summed E-state index contributed by atoms with van der Waals surface area (Å²) in [7, 11) is 1.53. The third-order valence-electron chi connectivity index (χ3n) is 7.13. The highest BCUT2D eigenvalue weighted by Gasteiger charge is 2.48. The van der Waals surface area contributed by atoms with Gasteiger partial charge in [-0.15, -0.1) is 0 Å². The number of nitrogens with zero attached hydrogens (tertiary/aromatic N) is 2. The third kappa shape index (κ3) is 6.75. The van der Waals surface area contributed by atoms with E-state index in [-0.39, 0.29) is 11.5 Å². The van der Waals surface area contributed by atoms with Gasteiger partial charge in [-0.2, -0.15) is 5.10 Å². The molecular weight excluding hydrogens is 625 g/mol. The Bertz CT molecular complexity index is 1500. The second-order valence-electron chi connectivity index (χ2n) is 10.1. The summed E-state index contributed by atoms with van der Waals surface area (Å²) >= 11 is 2.16. The van der Waals surface area contributed by atoms with Crippen LogP contribution < -0.4 is 10.6 Å². The van der Waals surface area contributed by atoms with Crippen LogP contribution in [0.15, 0.2) is 85.1 Å². The molecule has 3 aromatic carbocycles. The Morgan fingerprint density at radius 1 is 0.900 bits per heavy atom. The van der Waals surface area contributed by atoms with E-state index in [0.29, 0.717) is 11.5 Å². The Morgan fingerprint density at radius 3 is 2.25 bits per heavy atom. The lowest BCUT2D eigenvalue weighted by Gasteiger charge is -2.11. The van der Waals surface area contributed by atoms with Crippen molar-refractivity contribution in [1.29, 1.82) is 0 Å². The van der Waals surface area contributed by atoms with E-state index in [2.05, 4.69) is 38.3 Å². The SMILES string of the molecule is Cn1cc(C(=O)Nc2ccccc2C2CC2C2CC2)c(C(F)F)n1.O=C(Nc1ccccc1)c1ccccc1I. The van der Waals surface area contributed by atoms with Crippen LogP contribution in [0.5, 0.6) is 0 Å². The fraction of sp³-hybridized carbons (Fsp3) is 0.258. The highest BCUT2D eigenvalue weighted by Crippen LogP contribution is 2.60. The van der Waals surface area contributed by atoms with Crippen LogP contribution in [0.1, 0.15) is 63.6 Å². The van der Waals surface area contributed by atoms with Crippen LogP contribution in [-0.2, 0) is 7.05 Å². The van der Waals surface area contributed by atoms with E-state index in [1.807, 2.05) is 78.9 Å². The molecule has 0 radical (unpaired) electrons. The molecule has 2 atom stereocenters. The zero-order valence-corrected chi connectivity index (χ0v) is 24.0. The van der Waals surface area contributed by atoms with Gasteiger partial charge in [-0.1, -0.05) is 48.5 Å². The maximum absolute atomic E-state index is 13.0. The number of nitrogens with one attached hydrogen (secondary N) is 2. The molecule has 0 spiro atoms.